The van der Waals surface area contributed by atoms with Crippen molar-refractivity contribution >= 4 is 10.9 Å². The molecule has 1 aliphatic heterocycles. The van der Waals surface area contributed by atoms with Gasteiger partial charge in [-0.2, -0.15) is 0 Å². The summed E-state index contributed by atoms with van der Waals surface area (Å²) in [4.78, 5) is 26.1. The second-order valence-electron chi connectivity index (χ2n) is 7.84. The number of benzene rings is 2. The van der Waals surface area contributed by atoms with Crippen LogP contribution in [0.2, 0.25) is 0 Å². The molecule has 1 atom stereocenters. The van der Waals surface area contributed by atoms with Crippen molar-refractivity contribution in [2.75, 3.05) is 6.61 Å². The van der Waals surface area contributed by atoms with Crippen LogP contribution in [0.15, 0.2) is 64.2 Å². The van der Waals surface area contributed by atoms with E-state index in [0.717, 1.165) is 22.5 Å². The molecule has 0 fully saturated rings. The predicted octanol–water partition coefficient (Wildman–Crippen LogP) is 3.13. The van der Waals surface area contributed by atoms with Gasteiger partial charge in [0.05, 0.1) is 28.9 Å². The van der Waals surface area contributed by atoms with Crippen LogP contribution in [0.5, 0.6) is 0 Å². The summed E-state index contributed by atoms with van der Waals surface area (Å²) in [7, 11) is 3.25. The van der Waals surface area contributed by atoms with Gasteiger partial charge in [-0.25, -0.2) is 4.79 Å². The van der Waals surface area contributed by atoms with Crippen molar-refractivity contribution in [2.24, 2.45) is 14.1 Å². The van der Waals surface area contributed by atoms with Gasteiger partial charge in [-0.15, -0.1) is 0 Å². The topological polar surface area (TPSA) is 58.2 Å². The van der Waals surface area contributed by atoms with E-state index >= 15 is 0 Å². The number of fused-ring (bicyclic) bond motifs is 3. The molecule has 0 N–H and O–H groups in total. The summed E-state index contributed by atoms with van der Waals surface area (Å²) in [6.45, 7) is 3.19. The minimum Gasteiger partial charge on any atom is -0.365 e. The van der Waals surface area contributed by atoms with Crippen LogP contribution in [0.1, 0.15) is 22.9 Å². The van der Waals surface area contributed by atoms with Gasteiger partial charge in [0.15, 0.2) is 0 Å². The van der Waals surface area contributed by atoms with E-state index in [2.05, 4.69) is 28.8 Å². The fourth-order valence-electron chi connectivity index (χ4n) is 4.47. The fraction of sp³-hybridized carbons (Fsp3) is 0.250. The summed E-state index contributed by atoms with van der Waals surface area (Å²) < 4.78 is 11.1. The lowest BCUT2D eigenvalue weighted by molar-refractivity contribution is 0.0478. The Labute approximate surface area is 173 Å². The number of aryl methyl sites for hydroxylation is 2. The van der Waals surface area contributed by atoms with Gasteiger partial charge in [0.2, 0.25) is 0 Å². The highest BCUT2D eigenvalue weighted by Gasteiger charge is 2.32. The lowest BCUT2D eigenvalue weighted by atomic mass is 10.0. The van der Waals surface area contributed by atoms with Crippen LogP contribution in [0, 0.1) is 6.92 Å². The molecule has 0 saturated carbocycles. The van der Waals surface area contributed by atoms with E-state index in [1.807, 2.05) is 37.3 Å². The fourth-order valence-corrected chi connectivity index (χ4v) is 4.47. The molecule has 30 heavy (non-hydrogen) atoms. The Balaban J connectivity index is 1.94. The molecular formula is C24H23N3O3. The summed E-state index contributed by atoms with van der Waals surface area (Å²) in [5, 5.41) is 0.559. The average Bonchev–Trinajstić information content (AvgIpc) is 3.13. The summed E-state index contributed by atoms with van der Waals surface area (Å²) in [6.07, 6.45) is -0.350. The van der Waals surface area contributed by atoms with Crippen molar-refractivity contribution in [3.8, 4) is 11.3 Å². The molecule has 6 nitrogen and oxygen atoms in total. The highest BCUT2D eigenvalue weighted by Crippen LogP contribution is 2.40. The van der Waals surface area contributed by atoms with Gasteiger partial charge >= 0.3 is 5.69 Å². The van der Waals surface area contributed by atoms with Crippen molar-refractivity contribution < 1.29 is 4.74 Å². The van der Waals surface area contributed by atoms with Gasteiger partial charge < -0.3 is 9.30 Å². The maximum Gasteiger partial charge on any atom is 0.331 e. The van der Waals surface area contributed by atoms with Gasteiger partial charge in [-0.3, -0.25) is 13.9 Å². The zero-order chi connectivity index (χ0) is 21.0. The number of nitrogens with zero attached hydrogens (tertiary/aromatic N) is 3. The van der Waals surface area contributed by atoms with Crippen molar-refractivity contribution in [1.82, 2.24) is 13.7 Å². The predicted molar refractivity (Wildman–Crippen MR) is 117 cm³/mol. The maximum atomic E-state index is 13.3. The number of hydrogen-bond acceptors (Lipinski definition) is 3. The lowest BCUT2D eigenvalue weighted by Crippen LogP contribution is -2.37. The van der Waals surface area contributed by atoms with Gasteiger partial charge in [0.25, 0.3) is 5.56 Å². The van der Waals surface area contributed by atoms with E-state index < -0.39 is 0 Å². The summed E-state index contributed by atoms with van der Waals surface area (Å²) >= 11 is 0. The van der Waals surface area contributed by atoms with E-state index in [1.165, 1.54) is 17.2 Å². The molecule has 0 bridgehead atoms. The highest BCUT2D eigenvalue weighted by molar-refractivity contribution is 5.96. The normalized spacial score (nSPS) is 16.0. The molecule has 0 spiro atoms. The van der Waals surface area contributed by atoms with Gasteiger partial charge in [0, 0.05) is 20.6 Å². The quantitative estimate of drug-likeness (QED) is 0.519. The van der Waals surface area contributed by atoms with Crippen LogP contribution in [0.4, 0.5) is 0 Å². The monoisotopic (exact) mass is 401 g/mol. The molecule has 0 amide bonds. The third-order valence-corrected chi connectivity index (χ3v) is 5.98. The Morgan fingerprint density at radius 3 is 2.33 bits per heavy atom. The first-order chi connectivity index (χ1) is 14.5. The van der Waals surface area contributed by atoms with Crippen molar-refractivity contribution in [1.29, 1.82) is 0 Å². The number of rotatable bonds is 2. The molecule has 3 heterocycles. The Hall–Kier alpha value is -3.38. The first kappa shape index (κ1) is 18.6. The molecule has 0 saturated heterocycles. The second kappa shape index (κ2) is 6.85. The van der Waals surface area contributed by atoms with Crippen molar-refractivity contribution in [3.63, 3.8) is 0 Å². The Morgan fingerprint density at radius 1 is 0.933 bits per heavy atom. The standard InChI is InChI=1S/C24H23N3O3/c1-15-9-11-17(12-10-15)22-21-20-18(23(28)26(3)24(29)25(20)2)19(27(21)13-14-30-22)16-7-5-4-6-8-16/h4-12,22H,13-14H2,1-3H3. The van der Waals surface area contributed by atoms with Gasteiger partial charge in [0.1, 0.15) is 6.10 Å². The molecule has 5 rings (SSSR count). The average molecular weight is 401 g/mol. The minimum atomic E-state index is -0.350. The molecule has 1 aliphatic rings. The van der Waals surface area contributed by atoms with E-state index in [-0.39, 0.29) is 17.4 Å². The zero-order valence-corrected chi connectivity index (χ0v) is 17.3. The first-order valence-electron chi connectivity index (χ1n) is 10.0. The van der Waals surface area contributed by atoms with Crippen LogP contribution in [0.3, 0.4) is 0 Å². The molecule has 0 aliphatic carbocycles. The minimum absolute atomic E-state index is 0.281. The first-order valence-corrected chi connectivity index (χ1v) is 10.0. The van der Waals surface area contributed by atoms with E-state index in [9.17, 15) is 9.59 Å². The SMILES string of the molecule is Cc1ccc(C2OCCn3c(-c4ccccc4)c4c(=O)n(C)c(=O)n(C)c4c32)cc1. The summed E-state index contributed by atoms with van der Waals surface area (Å²) in [5.41, 5.74) is 4.86. The van der Waals surface area contributed by atoms with Crippen LogP contribution >= 0.6 is 0 Å². The van der Waals surface area contributed by atoms with Crippen molar-refractivity contribution in [2.45, 2.75) is 19.6 Å². The Morgan fingerprint density at radius 2 is 1.63 bits per heavy atom. The molecular weight excluding hydrogens is 378 g/mol. The molecule has 2 aromatic carbocycles. The molecule has 2 aromatic heterocycles. The Bertz CT molecular complexity index is 1380. The number of hydrogen-bond donors (Lipinski definition) is 0. The van der Waals surface area contributed by atoms with Crippen LogP contribution in [0.25, 0.3) is 22.2 Å². The molecule has 152 valence electrons. The van der Waals surface area contributed by atoms with Gasteiger partial charge in [-0.1, -0.05) is 60.2 Å². The van der Waals surface area contributed by atoms with E-state index in [0.29, 0.717) is 24.1 Å². The third kappa shape index (κ3) is 2.60. The second-order valence-corrected chi connectivity index (χ2v) is 7.84. The molecule has 6 heteroatoms. The van der Waals surface area contributed by atoms with Gasteiger partial charge in [-0.05, 0) is 18.1 Å². The summed E-state index contributed by atoms with van der Waals surface area (Å²) in [6, 6.07) is 18.1. The van der Waals surface area contributed by atoms with Crippen LogP contribution < -0.4 is 11.2 Å². The maximum absolute atomic E-state index is 13.3. The van der Waals surface area contributed by atoms with E-state index in [4.69, 9.17) is 4.74 Å². The van der Waals surface area contributed by atoms with Crippen molar-refractivity contribution in [3.05, 3.63) is 92.3 Å². The number of aromatic nitrogens is 3. The number of ether oxygens (including phenoxy) is 1. The summed E-state index contributed by atoms with van der Waals surface area (Å²) in [5.74, 6) is 0. The highest BCUT2D eigenvalue weighted by atomic mass is 16.5. The third-order valence-electron chi connectivity index (χ3n) is 5.98. The largest absolute Gasteiger partial charge is 0.365 e. The smallest absolute Gasteiger partial charge is 0.331 e. The van der Waals surface area contributed by atoms with Crippen LogP contribution in [-0.2, 0) is 25.4 Å². The zero-order valence-electron chi connectivity index (χ0n) is 17.3. The van der Waals surface area contributed by atoms with E-state index in [1.54, 1.807) is 11.6 Å². The molecule has 0 radical (unpaired) electrons. The molecule has 4 aromatic rings. The Kier molecular flexibility index (Phi) is 4.25. The van der Waals surface area contributed by atoms with Crippen LogP contribution in [-0.4, -0.2) is 20.3 Å². The molecule has 1 unspecified atom stereocenters. The lowest BCUT2D eigenvalue weighted by Gasteiger charge is -2.27.